The Morgan fingerprint density at radius 1 is 1.39 bits per heavy atom. The summed E-state index contributed by atoms with van der Waals surface area (Å²) in [5.74, 6) is 1.72. The van der Waals surface area contributed by atoms with Crippen LogP contribution in [0.4, 0.5) is 5.95 Å². The Morgan fingerprint density at radius 3 is 2.94 bits per heavy atom. The summed E-state index contributed by atoms with van der Waals surface area (Å²) in [5, 5.41) is 3.33. The fourth-order valence-corrected chi connectivity index (χ4v) is 1.82. The molecule has 0 fully saturated rings. The van der Waals surface area contributed by atoms with E-state index in [0.717, 1.165) is 36.0 Å². The van der Waals surface area contributed by atoms with E-state index in [4.69, 9.17) is 4.74 Å². The fourth-order valence-electron chi connectivity index (χ4n) is 1.82. The number of nitrogens with zero attached hydrogens (tertiary/aromatic N) is 2. The molecule has 0 aliphatic rings. The highest BCUT2D eigenvalue weighted by Gasteiger charge is 2.07. The molecular weight excluding hydrogens is 226 g/mol. The number of benzene rings is 1. The van der Waals surface area contributed by atoms with Crippen molar-refractivity contribution in [3.8, 4) is 11.4 Å². The van der Waals surface area contributed by atoms with Crippen molar-refractivity contribution >= 4 is 5.95 Å². The van der Waals surface area contributed by atoms with Crippen LogP contribution >= 0.6 is 0 Å². The summed E-state index contributed by atoms with van der Waals surface area (Å²) in [6, 6.07) is 7.96. The van der Waals surface area contributed by atoms with Crippen LogP contribution in [0.15, 0.2) is 30.5 Å². The van der Waals surface area contributed by atoms with Gasteiger partial charge in [0.1, 0.15) is 5.75 Å². The molecule has 0 saturated heterocycles. The zero-order valence-electron chi connectivity index (χ0n) is 11.1. The van der Waals surface area contributed by atoms with Gasteiger partial charge in [-0.05, 0) is 25.5 Å². The van der Waals surface area contributed by atoms with Gasteiger partial charge in [-0.25, -0.2) is 4.98 Å². The number of hydrogen-bond acceptors (Lipinski definition) is 3. The monoisotopic (exact) mass is 245 g/mol. The number of aryl methyl sites for hydroxylation is 1. The number of nitrogens with one attached hydrogen (secondary N) is 1. The molecule has 4 heteroatoms. The predicted octanol–water partition coefficient (Wildman–Crippen LogP) is 3.01. The van der Waals surface area contributed by atoms with E-state index in [1.54, 1.807) is 7.11 Å². The molecule has 1 heterocycles. The summed E-state index contributed by atoms with van der Waals surface area (Å²) in [7, 11) is 1.68. The summed E-state index contributed by atoms with van der Waals surface area (Å²) in [4.78, 5) is 4.49. The third-order valence-electron chi connectivity index (χ3n) is 2.69. The van der Waals surface area contributed by atoms with Crippen LogP contribution in [0.3, 0.4) is 0 Å². The van der Waals surface area contributed by atoms with E-state index in [1.165, 1.54) is 0 Å². The van der Waals surface area contributed by atoms with Gasteiger partial charge in [0.05, 0.1) is 18.5 Å². The van der Waals surface area contributed by atoms with Crippen LogP contribution in [0.25, 0.3) is 5.69 Å². The van der Waals surface area contributed by atoms with Gasteiger partial charge < -0.3 is 10.1 Å². The van der Waals surface area contributed by atoms with Crippen molar-refractivity contribution in [2.75, 3.05) is 19.0 Å². The number of imidazole rings is 1. The number of rotatable bonds is 5. The minimum atomic E-state index is 0.847. The maximum atomic E-state index is 5.25. The zero-order chi connectivity index (χ0) is 13.0. The van der Waals surface area contributed by atoms with Crippen molar-refractivity contribution in [3.05, 3.63) is 36.2 Å². The van der Waals surface area contributed by atoms with E-state index < -0.39 is 0 Å². The summed E-state index contributed by atoms with van der Waals surface area (Å²) in [6.45, 7) is 5.05. The normalized spacial score (nSPS) is 10.4. The van der Waals surface area contributed by atoms with Crippen LogP contribution in [-0.2, 0) is 0 Å². The maximum Gasteiger partial charge on any atom is 0.207 e. The first kappa shape index (κ1) is 12.5. The van der Waals surface area contributed by atoms with Gasteiger partial charge in [-0.1, -0.05) is 13.0 Å². The lowest BCUT2D eigenvalue weighted by molar-refractivity contribution is 0.414. The Morgan fingerprint density at radius 2 is 2.22 bits per heavy atom. The smallest absolute Gasteiger partial charge is 0.207 e. The molecule has 0 bridgehead atoms. The summed E-state index contributed by atoms with van der Waals surface area (Å²) >= 11 is 0. The average Bonchev–Trinajstić information content (AvgIpc) is 2.77. The largest absolute Gasteiger partial charge is 0.497 e. The number of hydrogen-bond donors (Lipinski definition) is 1. The standard InChI is InChI=1S/C14H19N3O/c1-4-8-15-14-16-11(2)10-17(14)12-6-5-7-13(9-12)18-3/h5-7,9-10H,4,8H2,1-3H3,(H,15,16). The van der Waals surface area contributed by atoms with Crippen LogP contribution in [0.1, 0.15) is 19.0 Å². The highest BCUT2D eigenvalue weighted by molar-refractivity contribution is 5.46. The maximum absolute atomic E-state index is 5.25. The lowest BCUT2D eigenvalue weighted by Crippen LogP contribution is -2.06. The van der Waals surface area contributed by atoms with Crippen LogP contribution < -0.4 is 10.1 Å². The molecule has 1 aromatic heterocycles. The van der Waals surface area contributed by atoms with E-state index in [9.17, 15) is 0 Å². The minimum Gasteiger partial charge on any atom is -0.497 e. The van der Waals surface area contributed by atoms with Gasteiger partial charge in [-0.2, -0.15) is 0 Å². The third kappa shape index (κ3) is 2.64. The molecule has 0 spiro atoms. The van der Waals surface area contributed by atoms with Gasteiger partial charge in [-0.3, -0.25) is 4.57 Å². The highest BCUT2D eigenvalue weighted by atomic mass is 16.5. The molecule has 4 nitrogen and oxygen atoms in total. The van der Waals surface area contributed by atoms with E-state index in [2.05, 4.69) is 17.2 Å². The lowest BCUT2D eigenvalue weighted by atomic mass is 10.3. The van der Waals surface area contributed by atoms with Crippen molar-refractivity contribution in [3.63, 3.8) is 0 Å². The molecule has 2 aromatic rings. The molecular formula is C14H19N3O. The first-order valence-corrected chi connectivity index (χ1v) is 6.19. The molecule has 2 rings (SSSR count). The molecule has 0 saturated carbocycles. The Kier molecular flexibility index (Phi) is 3.87. The Balaban J connectivity index is 2.36. The van der Waals surface area contributed by atoms with Crippen LogP contribution in [-0.4, -0.2) is 23.2 Å². The van der Waals surface area contributed by atoms with Crippen LogP contribution in [0, 0.1) is 6.92 Å². The number of aromatic nitrogens is 2. The molecule has 96 valence electrons. The van der Waals surface area contributed by atoms with Crippen molar-refractivity contribution in [2.24, 2.45) is 0 Å². The van der Waals surface area contributed by atoms with Crippen molar-refractivity contribution < 1.29 is 4.74 Å². The molecule has 0 amide bonds. The molecule has 0 radical (unpaired) electrons. The molecule has 0 atom stereocenters. The minimum absolute atomic E-state index is 0.847. The van der Waals surface area contributed by atoms with Crippen LogP contribution in [0.2, 0.25) is 0 Å². The lowest BCUT2D eigenvalue weighted by Gasteiger charge is -2.10. The zero-order valence-corrected chi connectivity index (χ0v) is 11.1. The molecule has 0 aliphatic carbocycles. The number of anilines is 1. The number of methoxy groups -OCH3 is 1. The molecule has 18 heavy (non-hydrogen) atoms. The summed E-state index contributed by atoms with van der Waals surface area (Å²) < 4.78 is 7.30. The van der Waals surface area contributed by atoms with Gasteiger partial charge in [0.15, 0.2) is 0 Å². The summed E-state index contributed by atoms with van der Waals surface area (Å²) in [5.41, 5.74) is 2.05. The topological polar surface area (TPSA) is 39.1 Å². The summed E-state index contributed by atoms with van der Waals surface area (Å²) in [6.07, 6.45) is 3.09. The highest BCUT2D eigenvalue weighted by Crippen LogP contribution is 2.20. The number of ether oxygens (including phenoxy) is 1. The third-order valence-corrected chi connectivity index (χ3v) is 2.69. The molecule has 0 unspecified atom stereocenters. The second-order valence-electron chi connectivity index (χ2n) is 4.20. The van der Waals surface area contributed by atoms with E-state index >= 15 is 0 Å². The SMILES string of the molecule is CCCNc1nc(C)cn1-c1cccc(OC)c1. The average molecular weight is 245 g/mol. The second kappa shape index (κ2) is 5.58. The quantitative estimate of drug-likeness (QED) is 0.880. The van der Waals surface area contributed by atoms with E-state index in [1.807, 2.05) is 42.0 Å². The first-order valence-electron chi connectivity index (χ1n) is 6.19. The second-order valence-corrected chi connectivity index (χ2v) is 4.20. The van der Waals surface area contributed by atoms with Crippen molar-refractivity contribution in [1.29, 1.82) is 0 Å². The van der Waals surface area contributed by atoms with Gasteiger partial charge in [-0.15, -0.1) is 0 Å². The van der Waals surface area contributed by atoms with E-state index in [0.29, 0.717) is 0 Å². The molecule has 0 aliphatic heterocycles. The van der Waals surface area contributed by atoms with Crippen molar-refractivity contribution in [2.45, 2.75) is 20.3 Å². The Bertz CT molecular complexity index is 520. The first-order chi connectivity index (χ1) is 8.74. The van der Waals surface area contributed by atoms with Gasteiger partial charge >= 0.3 is 0 Å². The Labute approximate surface area is 108 Å². The van der Waals surface area contributed by atoms with Crippen LogP contribution in [0.5, 0.6) is 5.75 Å². The fraction of sp³-hybridized carbons (Fsp3) is 0.357. The molecule has 1 aromatic carbocycles. The predicted molar refractivity (Wildman–Crippen MR) is 73.6 cm³/mol. The molecule has 1 N–H and O–H groups in total. The van der Waals surface area contributed by atoms with Gasteiger partial charge in [0, 0.05) is 18.8 Å². The van der Waals surface area contributed by atoms with E-state index in [-0.39, 0.29) is 0 Å². The van der Waals surface area contributed by atoms with Gasteiger partial charge in [0.2, 0.25) is 5.95 Å². The van der Waals surface area contributed by atoms with Gasteiger partial charge in [0.25, 0.3) is 0 Å². The van der Waals surface area contributed by atoms with Crippen molar-refractivity contribution in [1.82, 2.24) is 9.55 Å². The Hall–Kier alpha value is -1.97.